The molecule has 0 fully saturated rings. The van der Waals surface area contributed by atoms with Crippen molar-refractivity contribution >= 4 is 10.0 Å². The van der Waals surface area contributed by atoms with E-state index in [4.69, 9.17) is 9.47 Å². The Hall–Kier alpha value is -2.13. The second-order valence-corrected chi connectivity index (χ2v) is 5.84. The summed E-state index contributed by atoms with van der Waals surface area (Å²) >= 11 is 0. The number of nitrogens with zero attached hydrogens (tertiary/aromatic N) is 3. The van der Waals surface area contributed by atoms with Gasteiger partial charge < -0.3 is 9.47 Å². The quantitative estimate of drug-likeness (QED) is 0.788. The molecule has 0 amide bonds. The Morgan fingerprint density at radius 1 is 1.24 bits per heavy atom. The summed E-state index contributed by atoms with van der Waals surface area (Å²) in [5.41, 5.74) is 0. The molecule has 0 saturated heterocycles. The maximum Gasteiger partial charge on any atom is 0.240 e. The molecule has 0 aliphatic carbocycles. The number of ether oxygens (including phenoxy) is 2. The Bertz CT molecular complexity index is 685. The van der Waals surface area contributed by atoms with Gasteiger partial charge in [-0.05, 0) is 12.1 Å². The highest BCUT2D eigenvalue weighted by Gasteiger charge is 2.16. The fraction of sp³-hybridized carbons (Fsp3) is 0.333. The van der Waals surface area contributed by atoms with E-state index < -0.39 is 10.0 Å². The van der Waals surface area contributed by atoms with Crippen molar-refractivity contribution in [2.75, 3.05) is 20.8 Å². The van der Waals surface area contributed by atoms with Gasteiger partial charge in [0.2, 0.25) is 10.0 Å². The van der Waals surface area contributed by atoms with Crippen LogP contribution in [0.1, 0.15) is 0 Å². The van der Waals surface area contributed by atoms with Gasteiger partial charge in [0.15, 0.2) is 11.5 Å². The van der Waals surface area contributed by atoms with Crippen LogP contribution in [-0.4, -0.2) is 43.9 Å². The van der Waals surface area contributed by atoms with E-state index in [1.165, 1.54) is 43.7 Å². The molecule has 1 heterocycles. The highest BCUT2D eigenvalue weighted by molar-refractivity contribution is 7.89. The first-order chi connectivity index (χ1) is 10.1. The van der Waals surface area contributed by atoms with Crippen molar-refractivity contribution in [3.05, 3.63) is 30.9 Å². The minimum Gasteiger partial charge on any atom is -0.493 e. The molecule has 0 spiro atoms. The van der Waals surface area contributed by atoms with Gasteiger partial charge in [0, 0.05) is 12.6 Å². The average Bonchev–Trinajstić information content (AvgIpc) is 2.99. The smallest absolute Gasteiger partial charge is 0.240 e. The molecule has 1 aromatic heterocycles. The summed E-state index contributed by atoms with van der Waals surface area (Å²) in [4.78, 5) is 3.89. The van der Waals surface area contributed by atoms with E-state index in [9.17, 15) is 8.42 Å². The Labute approximate surface area is 122 Å². The number of sulfonamides is 1. The summed E-state index contributed by atoms with van der Waals surface area (Å²) in [6.45, 7) is 0.604. The van der Waals surface area contributed by atoms with Gasteiger partial charge in [0.05, 0.1) is 25.7 Å². The minimum atomic E-state index is -3.62. The third kappa shape index (κ3) is 3.70. The molecule has 0 radical (unpaired) electrons. The molecule has 9 heteroatoms. The Morgan fingerprint density at radius 3 is 2.62 bits per heavy atom. The van der Waals surface area contributed by atoms with Crippen LogP contribution in [-0.2, 0) is 16.6 Å². The SMILES string of the molecule is COc1ccc(S(=O)(=O)NCCn2cncn2)cc1OC. The summed E-state index contributed by atoms with van der Waals surface area (Å²) in [5.74, 6) is 0.829. The normalized spacial score (nSPS) is 11.3. The summed E-state index contributed by atoms with van der Waals surface area (Å²) in [7, 11) is -0.679. The zero-order valence-corrected chi connectivity index (χ0v) is 12.5. The third-order valence-corrected chi connectivity index (χ3v) is 4.22. The lowest BCUT2D eigenvalue weighted by molar-refractivity contribution is 0.354. The molecule has 0 aliphatic rings. The van der Waals surface area contributed by atoms with Crippen LogP contribution < -0.4 is 14.2 Å². The summed E-state index contributed by atoms with van der Waals surface area (Å²) in [5, 5.41) is 3.89. The number of rotatable bonds is 7. The minimum absolute atomic E-state index is 0.110. The van der Waals surface area contributed by atoms with E-state index in [-0.39, 0.29) is 11.4 Å². The molecule has 1 N–H and O–H groups in total. The topological polar surface area (TPSA) is 95.3 Å². The van der Waals surface area contributed by atoms with Crippen molar-refractivity contribution in [3.63, 3.8) is 0 Å². The van der Waals surface area contributed by atoms with Crippen LogP contribution in [0.3, 0.4) is 0 Å². The van der Waals surface area contributed by atoms with E-state index in [1.807, 2.05) is 0 Å². The van der Waals surface area contributed by atoms with Gasteiger partial charge in [-0.2, -0.15) is 5.10 Å². The first kappa shape index (κ1) is 15.3. The van der Waals surface area contributed by atoms with Crippen LogP contribution in [0.5, 0.6) is 11.5 Å². The molecule has 2 aromatic rings. The van der Waals surface area contributed by atoms with Crippen LogP contribution in [0.4, 0.5) is 0 Å². The van der Waals surface area contributed by atoms with Gasteiger partial charge in [-0.3, -0.25) is 4.68 Å². The van der Waals surface area contributed by atoms with E-state index in [1.54, 1.807) is 6.07 Å². The maximum absolute atomic E-state index is 12.2. The first-order valence-corrected chi connectivity index (χ1v) is 7.59. The first-order valence-electron chi connectivity index (χ1n) is 6.11. The number of hydrogen-bond donors (Lipinski definition) is 1. The maximum atomic E-state index is 12.2. The molecule has 0 bridgehead atoms. The summed E-state index contributed by atoms with van der Waals surface area (Å²) in [6.07, 6.45) is 2.91. The highest BCUT2D eigenvalue weighted by atomic mass is 32.2. The van der Waals surface area contributed by atoms with Crippen molar-refractivity contribution in [1.82, 2.24) is 19.5 Å². The monoisotopic (exact) mass is 312 g/mol. The predicted octanol–water partition coefficient (Wildman–Crippen LogP) is 0.274. The van der Waals surface area contributed by atoms with E-state index in [0.717, 1.165) is 0 Å². The van der Waals surface area contributed by atoms with Crippen molar-refractivity contribution in [2.45, 2.75) is 11.4 Å². The van der Waals surface area contributed by atoms with Gasteiger partial charge in [0.1, 0.15) is 12.7 Å². The summed E-state index contributed by atoms with van der Waals surface area (Å²) in [6, 6.07) is 4.42. The van der Waals surface area contributed by atoms with E-state index in [2.05, 4.69) is 14.8 Å². The predicted molar refractivity (Wildman–Crippen MR) is 74.8 cm³/mol. The molecular weight excluding hydrogens is 296 g/mol. The van der Waals surface area contributed by atoms with Crippen LogP contribution >= 0.6 is 0 Å². The Morgan fingerprint density at radius 2 is 2.00 bits per heavy atom. The van der Waals surface area contributed by atoms with Crippen molar-refractivity contribution < 1.29 is 17.9 Å². The van der Waals surface area contributed by atoms with Crippen molar-refractivity contribution in [2.24, 2.45) is 0 Å². The van der Waals surface area contributed by atoms with Gasteiger partial charge in [0.25, 0.3) is 0 Å². The van der Waals surface area contributed by atoms with Crippen LogP contribution in [0, 0.1) is 0 Å². The highest BCUT2D eigenvalue weighted by Crippen LogP contribution is 2.29. The van der Waals surface area contributed by atoms with E-state index in [0.29, 0.717) is 18.0 Å². The van der Waals surface area contributed by atoms with Gasteiger partial charge in [-0.15, -0.1) is 0 Å². The van der Waals surface area contributed by atoms with E-state index >= 15 is 0 Å². The number of methoxy groups -OCH3 is 2. The number of nitrogens with one attached hydrogen (secondary N) is 1. The molecule has 0 unspecified atom stereocenters. The van der Waals surface area contributed by atoms with Crippen LogP contribution in [0.25, 0.3) is 0 Å². The van der Waals surface area contributed by atoms with Gasteiger partial charge >= 0.3 is 0 Å². The zero-order chi connectivity index (χ0) is 15.3. The molecule has 0 atom stereocenters. The number of hydrogen-bond acceptors (Lipinski definition) is 6. The molecule has 8 nitrogen and oxygen atoms in total. The lowest BCUT2D eigenvalue weighted by Gasteiger charge is -2.11. The lowest BCUT2D eigenvalue weighted by Crippen LogP contribution is -2.27. The summed E-state index contributed by atoms with van der Waals surface area (Å²) < 4.78 is 38.6. The number of aromatic nitrogens is 3. The molecule has 2 rings (SSSR count). The molecular formula is C12H16N4O4S. The fourth-order valence-electron chi connectivity index (χ4n) is 1.71. The number of benzene rings is 1. The van der Waals surface area contributed by atoms with Crippen molar-refractivity contribution in [3.8, 4) is 11.5 Å². The fourth-order valence-corrected chi connectivity index (χ4v) is 2.75. The Kier molecular flexibility index (Phi) is 4.76. The van der Waals surface area contributed by atoms with Gasteiger partial charge in [-0.25, -0.2) is 18.1 Å². The molecule has 0 aliphatic heterocycles. The standard InChI is InChI=1S/C12H16N4O4S/c1-19-11-4-3-10(7-12(11)20-2)21(17,18)15-5-6-16-9-13-8-14-16/h3-4,7-9,15H,5-6H2,1-2H3. The zero-order valence-electron chi connectivity index (χ0n) is 11.7. The second-order valence-electron chi connectivity index (χ2n) is 4.07. The average molecular weight is 312 g/mol. The molecule has 0 saturated carbocycles. The molecule has 21 heavy (non-hydrogen) atoms. The van der Waals surface area contributed by atoms with Crippen LogP contribution in [0.15, 0.2) is 35.7 Å². The lowest BCUT2D eigenvalue weighted by atomic mass is 10.3. The van der Waals surface area contributed by atoms with Crippen LogP contribution in [0.2, 0.25) is 0 Å². The second kappa shape index (κ2) is 6.55. The largest absolute Gasteiger partial charge is 0.493 e. The molecule has 114 valence electrons. The third-order valence-electron chi connectivity index (χ3n) is 2.76. The Balaban J connectivity index is 2.08. The van der Waals surface area contributed by atoms with Crippen molar-refractivity contribution in [1.29, 1.82) is 0 Å². The van der Waals surface area contributed by atoms with Gasteiger partial charge in [-0.1, -0.05) is 0 Å². The molecule has 1 aromatic carbocycles.